The van der Waals surface area contributed by atoms with E-state index in [1.165, 1.54) is 5.56 Å². The number of rotatable bonds is 6. The molecule has 21 heavy (non-hydrogen) atoms. The van der Waals surface area contributed by atoms with Crippen LogP contribution in [0.5, 0.6) is 0 Å². The zero-order valence-corrected chi connectivity index (χ0v) is 13.0. The molecule has 0 radical (unpaired) electrons. The second-order valence-corrected chi connectivity index (χ2v) is 6.89. The summed E-state index contributed by atoms with van der Waals surface area (Å²) in [6.07, 6.45) is 1.14. The zero-order chi connectivity index (χ0) is 15.3. The van der Waals surface area contributed by atoms with Crippen LogP contribution in [0.2, 0.25) is 0 Å². The van der Waals surface area contributed by atoms with Gasteiger partial charge in [0.1, 0.15) is 0 Å². The van der Waals surface area contributed by atoms with Gasteiger partial charge in [-0.05, 0) is 35.7 Å². The van der Waals surface area contributed by atoms with Crippen molar-refractivity contribution in [3.63, 3.8) is 0 Å². The average molecular weight is 304 g/mol. The molecule has 0 heterocycles. The van der Waals surface area contributed by atoms with Gasteiger partial charge < -0.3 is 5.32 Å². The van der Waals surface area contributed by atoms with Crippen molar-refractivity contribution in [1.29, 1.82) is 0 Å². The first-order chi connectivity index (χ1) is 9.94. The van der Waals surface area contributed by atoms with Crippen molar-refractivity contribution in [2.24, 2.45) is 0 Å². The second-order valence-electron chi connectivity index (χ2n) is 5.14. The van der Waals surface area contributed by atoms with Gasteiger partial charge >= 0.3 is 0 Å². The lowest BCUT2D eigenvalue weighted by Crippen LogP contribution is -2.11. The van der Waals surface area contributed by atoms with Crippen molar-refractivity contribution < 1.29 is 8.42 Å². The van der Waals surface area contributed by atoms with Crippen LogP contribution in [0.3, 0.4) is 0 Å². The maximum Gasteiger partial charge on any atom is 0.229 e. The van der Waals surface area contributed by atoms with E-state index in [1.54, 1.807) is 12.1 Å². The van der Waals surface area contributed by atoms with Gasteiger partial charge in [-0.1, -0.05) is 37.3 Å². The molecular formula is C16H20N2O2S. The van der Waals surface area contributed by atoms with Crippen LogP contribution in [0, 0.1) is 0 Å². The Morgan fingerprint density at radius 1 is 0.952 bits per heavy atom. The third-order valence-electron chi connectivity index (χ3n) is 3.17. The summed E-state index contributed by atoms with van der Waals surface area (Å²) in [6, 6.07) is 17.5. The van der Waals surface area contributed by atoms with Crippen LogP contribution >= 0.6 is 0 Å². The lowest BCUT2D eigenvalue weighted by Gasteiger charge is -2.14. The monoisotopic (exact) mass is 304 g/mol. The van der Waals surface area contributed by atoms with Crippen molar-refractivity contribution in [1.82, 2.24) is 0 Å². The van der Waals surface area contributed by atoms with Crippen LogP contribution in [0.15, 0.2) is 54.6 Å². The summed E-state index contributed by atoms with van der Waals surface area (Å²) in [7, 11) is -3.22. The second kappa shape index (κ2) is 6.63. The summed E-state index contributed by atoms with van der Waals surface area (Å²) in [6.45, 7) is 2.99. The topological polar surface area (TPSA) is 58.2 Å². The zero-order valence-electron chi connectivity index (χ0n) is 12.2. The minimum atomic E-state index is -3.22. The number of hydrogen-bond donors (Lipinski definition) is 2. The Balaban J connectivity index is 1.92. The van der Waals surface area contributed by atoms with E-state index in [0.29, 0.717) is 11.6 Å². The van der Waals surface area contributed by atoms with E-state index in [2.05, 4.69) is 29.1 Å². The van der Waals surface area contributed by atoms with Gasteiger partial charge in [-0.3, -0.25) is 4.72 Å². The molecule has 0 bridgehead atoms. The molecule has 0 aliphatic rings. The van der Waals surface area contributed by atoms with Gasteiger partial charge in [-0.15, -0.1) is 0 Å². The Morgan fingerprint density at radius 3 is 2.10 bits per heavy atom. The first-order valence-corrected chi connectivity index (χ1v) is 8.70. The molecule has 0 saturated carbocycles. The first kappa shape index (κ1) is 15.4. The molecule has 2 aromatic carbocycles. The van der Waals surface area contributed by atoms with E-state index in [1.807, 2.05) is 30.3 Å². The molecule has 0 saturated heterocycles. The Kier molecular flexibility index (Phi) is 4.85. The molecule has 2 aromatic rings. The number of benzene rings is 2. The molecular weight excluding hydrogens is 284 g/mol. The molecule has 112 valence electrons. The van der Waals surface area contributed by atoms with E-state index >= 15 is 0 Å². The quantitative estimate of drug-likeness (QED) is 0.861. The predicted octanol–water partition coefficient (Wildman–Crippen LogP) is 3.27. The van der Waals surface area contributed by atoms with Crippen LogP contribution in [0.4, 0.5) is 11.4 Å². The van der Waals surface area contributed by atoms with Crippen molar-refractivity contribution in [2.75, 3.05) is 22.8 Å². The summed E-state index contributed by atoms with van der Waals surface area (Å²) in [5.74, 6) is 0.403. The molecule has 0 aliphatic heterocycles. The van der Waals surface area contributed by atoms with Gasteiger partial charge in [0.25, 0.3) is 0 Å². The van der Waals surface area contributed by atoms with Crippen molar-refractivity contribution >= 4 is 21.4 Å². The summed E-state index contributed by atoms with van der Waals surface area (Å²) in [4.78, 5) is 0. The maximum atomic E-state index is 11.1. The molecule has 0 aromatic heterocycles. The summed E-state index contributed by atoms with van der Waals surface area (Å²) >= 11 is 0. The van der Waals surface area contributed by atoms with Gasteiger partial charge in [0, 0.05) is 17.9 Å². The third-order valence-corrected chi connectivity index (χ3v) is 3.78. The van der Waals surface area contributed by atoms with Crippen molar-refractivity contribution in [3.05, 3.63) is 60.2 Å². The number of anilines is 2. The van der Waals surface area contributed by atoms with Crippen LogP contribution in [0.25, 0.3) is 0 Å². The molecule has 0 fully saturated rings. The SMILES string of the molecule is C[C@@H](CNc1ccc(NS(C)(=O)=O)cc1)c1ccccc1. The van der Waals surface area contributed by atoms with Crippen LogP contribution < -0.4 is 10.0 Å². The lowest BCUT2D eigenvalue weighted by molar-refractivity contribution is 0.607. The molecule has 0 unspecified atom stereocenters. The van der Waals surface area contributed by atoms with Gasteiger partial charge in [-0.2, -0.15) is 0 Å². The van der Waals surface area contributed by atoms with Crippen LogP contribution in [-0.4, -0.2) is 21.2 Å². The highest BCUT2D eigenvalue weighted by atomic mass is 32.2. The largest absolute Gasteiger partial charge is 0.384 e. The highest BCUT2D eigenvalue weighted by Gasteiger charge is 2.05. The van der Waals surface area contributed by atoms with Gasteiger partial charge in [-0.25, -0.2) is 8.42 Å². The summed E-state index contributed by atoms with van der Waals surface area (Å²) < 4.78 is 24.7. The molecule has 0 amide bonds. The Morgan fingerprint density at radius 2 is 1.52 bits per heavy atom. The van der Waals surface area contributed by atoms with Gasteiger partial charge in [0.2, 0.25) is 10.0 Å². The normalized spacial score (nSPS) is 12.7. The Hall–Kier alpha value is -2.01. The van der Waals surface area contributed by atoms with E-state index in [9.17, 15) is 8.42 Å². The number of hydrogen-bond acceptors (Lipinski definition) is 3. The molecule has 2 N–H and O–H groups in total. The molecule has 5 heteroatoms. The van der Waals surface area contributed by atoms with E-state index < -0.39 is 10.0 Å². The highest BCUT2D eigenvalue weighted by Crippen LogP contribution is 2.18. The van der Waals surface area contributed by atoms with E-state index in [-0.39, 0.29) is 0 Å². The molecule has 2 rings (SSSR count). The predicted molar refractivity (Wildman–Crippen MR) is 88.3 cm³/mol. The average Bonchev–Trinajstić information content (AvgIpc) is 2.45. The van der Waals surface area contributed by atoms with Gasteiger partial charge in [0.05, 0.1) is 6.26 Å². The smallest absolute Gasteiger partial charge is 0.229 e. The van der Waals surface area contributed by atoms with Crippen molar-refractivity contribution in [3.8, 4) is 0 Å². The maximum absolute atomic E-state index is 11.1. The number of nitrogens with one attached hydrogen (secondary N) is 2. The highest BCUT2D eigenvalue weighted by molar-refractivity contribution is 7.92. The minimum absolute atomic E-state index is 0.403. The van der Waals surface area contributed by atoms with Gasteiger partial charge in [0.15, 0.2) is 0 Å². The van der Waals surface area contributed by atoms with Crippen molar-refractivity contribution in [2.45, 2.75) is 12.8 Å². The standard InChI is InChI=1S/C16H20N2O2S/c1-13(14-6-4-3-5-7-14)12-17-15-8-10-16(11-9-15)18-21(2,19)20/h3-11,13,17-18H,12H2,1-2H3/t13-/m0/s1. The summed E-state index contributed by atoms with van der Waals surface area (Å²) in [5, 5.41) is 3.36. The molecule has 0 aliphatic carbocycles. The summed E-state index contributed by atoms with van der Waals surface area (Å²) in [5.41, 5.74) is 2.83. The Bertz CT molecular complexity index is 667. The number of sulfonamides is 1. The molecule has 4 nitrogen and oxygen atoms in total. The molecule has 0 spiro atoms. The Labute approximate surface area is 126 Å². The fourth-order valence-electron chi connectivity index (χ4n) is 2.04. The lowest BCUT2D eigenvalue weighted by atomic mass is 10.0. The van der Waals surface area contributed by atoms with Crippen LogP contribution in [0.1, 0.15) is 18.4 Å². The third kappa shape index (κ3) is 5.11. The van der Waals surface area contributed by atoms with E-state index in [4.69, 9.17) is 0 Å². The van der Waals surface area contributed by atoms with Crippen LogP contribution in [-0.2, 0) is 10.0 Å². The first-order valence-electron chi connectivity index (χ1n) is 6.81. The molecule has 1 atom stereocenters. The fraction of sp³-hybridized carbons (Fsp3) is 0.250. The minimum Gasteiger partial charge on any atom is -0.384 e. The fourth-order valence-corrected chi connectivity index (χ4v) is 2.60. The van der Waals surface area contributed by atoms with E-state index in [0.717, 1.165) is 18.5 Å².